The van der Waals surface area contributed by atoms with Gasteiger partial charge in [-0.1, -0.05) is 26.7 Å². The Bertz CT molecular complexity index is 298. The fourth-order valence-electron chi connectivity index (χ4n) is 1.76. The summed E-state index contributed by atoms with van der Waals surface area (Å²) in [7, 11) is 1.26. The highest BCUT2D eigenvalue weighted by Gasteiger charge is 2.00. The third-order valence-corrected chi connectivity index (χ3v) is 3.06. The molecule has 0 rings (SSSR count). The molecule has 0 radical (unpaired) electrons. The SMILES string of the molecule is CCN(CC)CCCCCCOC(=O)/C=C/C(=O)OC. The maximum Gasteiger partial charge on any atom is 0.331 e. The monoisotopic (exact) mass is 285 g/mol. The van der Waals surface area contributed by atoms with Crippen molar-refractivity contribution in [1.29, 1.82) is 0 Å². The molecular formula is C15H27NO4. The first-order valence-electron chi connectivity index (χ1n) is 7.29. The number of methoxy groups -OCH3 is 1. The van der Waals surface area contributed by atoms with Gasteiger partial charge in [-0.05, 0) is 32.5 Å². The van der Waals surface area contributed by atoms with E-state index in [9.17, 15) is 9.59 Å². The van der Waals surface area contributed by atoms with Crippen molar-refractivity contribution in [2.45, 2.75) is 39.5 Å². The van der Waals surface area contributed by atoms with E-state index in [4.69, 9.17) is 4.74 Å². The molecular weight excluding hydrogens is 258 g/mol. The quantitative estimate of drug-likeness (QED) is 0.331. The van der Waals surface area contributed by atoms with E-state index in [2.05, 4.69) is 23.5 Å². The molecule has 0 amide bonds. The summed E-state index contributed by atoms with van der Waals surface area (Å²) in [6.45, 7) is 8.07. The standard InChI is InChI=1S/C15H27NO4/c1-4-16(5-2)12-8-6-7-9-13-20-15(18)11-10-14(17)19-3/h10-11H,4-9,12-13H2,1-3H3/b11-10+. The largest absolute Gasteiger partial charge is 0.466 e. The molecule has 0 aliphatic heterocycles. The predicted octanol–water partition coefficient (Wildman–Crippen LogP) is 2.16. The van der Waals surface area contributed by atoms with Crippen molar-refractivity contribution < 1.29 is 19.1 Å². The first kappa shape index (κ1) is 18.6. The molecule has 0 atom stereocenters. The second-order valence-corrected chi connectivity index (χ2v) is 4.47. The van der Waals surface area contributed by atoms with E-state index < -0.39 is 11.9 Å². The molecule has 0 fully saturated rings. The van der Waals surface area contributed by atoms with Gasteiger partial charge in [0.1, 0.15) is 0 Å². The van der Waals surface area contributed by atoms with Crippen molar-refractivity contribution in [3.05, 3.63) is 12.2 Å². The van der Waals surface area contributed by atoms with Crippen LogP contribution in [0.2, 0.25) is 0 Å². The average molecular weight is 285 g/mol. The maximum atomic E-state index is 11.2. The Morgan fingerprint density at radius 3 is 2.15 bits per heavy atom. The number of hydrogen-bond donors (Lipinski definition) is 0. The van der Waals surface area contributed by atoms with Crippen LogP contribution in [0.3, 0.4) is 0 Å². The predicted molar refractivity (Wildman–Crippen MR) is 78.4 cm³/mol. The molecule has 0 saturated heterocycles. The molecule has 0 heterocycles. The lowest BCUT2D eigenvalue weighted by Crippen LogP contribution is -2.23. The summed E-state index contributed by atoms with van der Waals surface area (Å²) in [6.07, 6.45) is 6.38. The molecule has 5 nitrogen and oxygen atoms in total. The van der Waals surface area contributed by atoms with E-state index in [0.29, 0.717) is 6.61 Å². The van der Waals surface area contributed by atoms with Gasteiger partial charge < -0.3 is 14.4 Å². The smallest absolute Gasteiger partial charge is 0.331 e. The zero-order chi connectivity index (χ0) is 15.2. The van der Waals surface area contributed by atoms with Crippen LogP contribution in [-0.4, -0.2) is 50.2 Å². The van der Waals surface area contributed by atoms with Gasteiger partial charge >= 0.3 is 11.9 Å². The van der Waals surface area contributed by atoms with Gasteiger partial charge in [0.05, 0.1) is 13.7 Å². The van der Waals surface area contributed by atoms with Crippen molar-refractivity contribution in [3.8, 4) is 0 Å². The lowest BCUT2D eigenvalue weighted by molar-refractivity contribution is -0.139. The number of rotatable bonds is 11. The molecule has 0 aromatic carbocycles. The van der Waals surface area contributed by atoms with Gasteiger partial charge in [0.15, 0.2) is 0 Å². The van der Waals surface area contributed by atoms with Gasteiger partial charge in [-0.2, -0.15) is 0 Å². The second-order valence-electron chi connectivity index (χ2n) is 4.47. The fourth-order valence-corrected chi connectivity index (χ4v) is 1.76. The van der Waals surface area contributed by atoms with Crippen LogP contribution in [-0.2, 0) is 19.1 Å². The summed E-state index contributed by atoms with van der Waals surface area (Å²) in [5.74, 6) is -1.06. The summed E-state index contributed by atoms with van der Waals surface area (Å²) >= 11 is 0. The van der Waals surface area contributed by atoms with Crippen molar-refractivity contribution in [2.24, 2.45) is 0 Å². The summed E-state index contributed by atoms with van der Waals surface area (Å²) in [5.41, 5.74) is 0. The number of hydrogen-bond acceptors (Lipinski definition) is 5. The zero-order valence-corrected chi connectivity index (χ0v) is 12.9. The Hall–Kier alpha value is -1.36. The topological polar surface area (TPSA) is 55.8 Å². The van der Waals surface area contributed by atoms with Crippen molar-refractivity contribution in [3.63, 3.8) is 0 Å². The van der Waals surface area contributed by atoms with Crippen LogP contribution in [0.5, 0.6) is 0 Å². The molecule has 116 valence electrons. The molecule has 0 bridgehead atoms. The molecule has 20 heavy (non-hydrogen) atoms. The number of carbonyl (C=O) groups excluding carboxylic acids is 2. The minimum absolute atomic E-state index is 0.398. The third kappa shape index (κ3) is 10.6. The normalized spacial score (nSPS) is 11.0. The highest BCUT2D eigenvalue weighted by molar-refractivity contribution is 5.91. The molecule has 5 heteroatoms. The number of nitrogens with zero attached hydrogens (tertiary/aromatic N) is 1. The number of carbonyl (C=O) groups is 2. The average Bonchev–Trinajstić information content (AvgIpc) is 2.47. The Labute approximate surface area is 121 Å². The van der Waals surface area contributed by atoms with Crippen LogP contribution in [0, 0.1) is 0 Å². The van der Waals surface area contributed by atoms with Gasteiger partial charge in [-0.15, -0.1) is 0 Å². The van der Waals surface area contributed by atoms with Crippen LogP contribution < -0.4 is 0 Å². The van der Waals surface area contributed by atoms with E-state index in [1.807, 2.05) is 0 Å². The fraction of sp³-hybridized carbons (Fsp3) is 0.733. The molecule has 0 spiro atoms. The minimum Gasteiger partial charge on any atom is -0.466 e. The second kappa shape index (κ2) is 12.7. The molecule has 0 saturated carbocycles. The Balaban J connectivity index is 3.46. The van der Waals surface area contributed by atoms with Crippen molar-refractivity contribution >= 4 is 11.9 Å². The minimum atomic E-state index is -0.557. The lowest BCUT2D eigenvalue weighted by atomic mass is 10.2. The van der Waals surface area contributed by atoms with Crippen LogP contribution in [0.25, 0.3) is 0 Å². The molecule has 0 aromatic rings. The number of ether oxygens (including phenoxy) is 2. The van der Waals surface area contributed by atoms with Gasteiger partial charge in [-0.25, -0.2) is 9.59 Å². The van der Waals surface area contributed by atoms with Crippen molar-refractivity contribution in [1.82, 2.24) is 4.90 Å². The summed E-state index contributed by atoms with van der Waals surface area (Å²) in [5, 5.41) is 0. The lowest BCUT2D eigenvalue weighted by Gasteiger charge is -2.17. The molecule has 0 N–H and O–H groups in total. The Morgan fingerprint density at radius 1 is 0.950 bits per heavy atom. The van der Waals surface area contributed by atoms with Crippen LogP contribution in [0.4, 0.5) is 0 Å². The summed E-state index contributed by atoms with van der Waals surface area (Å²) in [6, 6.07) is 0. The highest BCUT2D eigenvalue weighted by atomic mass is 16.5. The molecule has 0 aromatic heterocycles. The zero-order valence-electron chi connectivity index (χ0n) is 12.9. The van der Waals surface area contributed by atoms with E-state index in [0.717, 1.165) is 51.0 Å². The van der Waals surface area contributed by atoms with Gasteiger partial charge in [0.25, 0.3) is 0 Å². The van der Waals surface area contributed by atoms with E-state index in [1.165, 1.54) is 13.5 Å². The summed E-state index contributed by atoms with van der Waals surface area (Å²) in [4.78, 5) is 24.3. The van der Waals surface area contributed by atoms with Crippen LogP contribution in [0.15, 0.2) is 12.2 Å². The van der Waals surface area contributed by atoms with Gasteiger partial charge in [0.2, 0.25) is 0 Å². The van der Waals surface area contributed by atoms with E-state index in [-0.39, 0.29) is 0 Å². The first-order chi connectivity index (χ1) is 9.63. The summed E-state index contributed by atoms with van der Waals surface area (Å²) < 4.78 is 9.33. The molecule has 0 unspecified atom stereocenters. The Kier molecular flexibility index (Phi) is 11.8. The molecule has 0 aliphatic rings. The first-order valence-corrected chi connectivity index (χ1v) is 7.29. The maximum absolute atomic E-state index is 11.2. The van der Waals surface area contributed by atoms with Gasteiger partial charge in [0, 0.05) is 12.2 Å². The van der Waals surface area contributed by atoms with E-state index >= 15 is 0 Å². The third-order valence-electron chi connectivity index (χ3n) is 3.06. The van der Waals surface area contributed by atoms with Crippen LogP contribution >= 0.6 is 0 Å². The van der Waals surface area contributed by atoms with Crippen LogP contribution in [0.1, 0.15) is 39.5 Å². The number of unbranched alkanes of at least 4 members (excludes halogenated alkanes) is 3. The number of esters is 2. The van der Waals surface area contributed by atoms with E-state index in [1.54, 1.807) is 0 Å². The van der Waals surface area contributed by atoms with Gasteiger partial charge in [-0.3, -0.25) is 0 Å². The molecule has 0 aliphatic carbocycles. The highest BCUT2D eigenvalue weighted by Crippen LogP contribution is 2.02. The Morgan fingerprint density at radius 2 is 1.55 bits per heavy atom. The van der Waals surface area contributed by atoms with Crippen molar-refractivity contribution in [2.75, 3.05) is 33.4 Å².